The van der Waals surface area contributed by atoms with E-state index >= 15 is 0 Å². The predicted molar refractivity (Wildman–Crippen MR) is 54.4 cm³/mol. The summed E-state index contributed by atoms with van der Waals surface area (Å²) in [4.78, 5) is 11.6. The lowest BCUT2D eigenvalue weighted by molar-refractivity contribution is -0.161. The molecule has 0 amide bonds. The molecule has 0 N–H and O–H groups in total. The average molecular weight is 197 g/mol. The lowest BCUT2D eigenvalue weighted by atomic mass is 9.82. The molecule has 0 aromatic heterocycles. The van der Waals surface area contributed by atoms with Gasteiger partial charge in [-0.1, -0.05) is 20.8 Å². The first-order valence-electron chi connectivity index (χ1n) is 4.70. The summed E-state index contributed by atoms with van der Waals surface area (Å²) in [5.41, 5.74) is -0.908. The van der Waals surface area contributed by atoms with Crippen molar-refractivity contribution in [3.05, 3.63) is 0 Å². The number of carbonyl (C=O) groups excluding carboxylic acids is 1. The molecule has 0 heterocycles. The number of nitrogens with zero attached hydrogens (tertiary/aromatic N) is 1. The fourth-order valence-electron chi connectivity index (χ4n) is 0.961. The maximum atomic E-state index is 11.6. The third kappa shape index (κ3) is 4.27. The maximum Gasteiger partial charge on any atom is 0.324 e. The molecule has 1 atom stereocenters. The Labute approximate surface area is 86.1 Å². The standard InChI is InChI=1S/C11H19NO2/c1-10(2,3)8(7-12)9(13)14-11(4,5)6/h8H,1-6H3. The fraction of sp³-hybridized carbons (Fsp3) is 0.818. The first-order valence-corrected chi connectivity index (χ1v) is 4.70. The highest BCUT2D eigenvalue weighted by molar-refractivity contribution is 5.76. The van der Waals surface area contributed by atoms with Gasteiger partial charge in [0, 0.05) is 0 Å². The topological polar surface area (TPSA) is 50.1 Å². The van der Waals surface area contributed by atoms with E-state index in [1.54, 1.807) is 20.8 Å². The number of ether oxygens (including phenoxy) is 1. The van der Waals surface area contributed by atoms with Crippen molar-refractivity contribution in [2.24, 2.45) is 11.3 Å². The minimum atomic E-state index is -0.707. The van der Waals surface area contributed by atoms with Crippen molar-refractivity contribution in [2.75, 3.05) is 0 Å². The second-order valence-electron chi connectivity index (χ2n) is 5.46. The second kappa shape index (κ2) is 4.00. The molecule has 0 rings (SSSR count). The highest BCUT2D eigenvalue weighted by atomic mass is 16.6. The van der Waals surface area contributed by atoms with Crippen LogP contribution in [-0.4, -0.2) is 11.6 Å². The number of nitriles is 1. The summed E-state index contributed by atoms with van der Waals surface area (Å²) in [7, 11) is 0. The smallest absolute Gasteiger partial charge is 0.324 e. The summed E-state index contributed by atoms with van der Waals surface area (Å²) in [6, 6.07) is 1.99. The summed E-state index contributed by atoms with van der Waals surface area (Å²) >= 11 is 0. The first kappa shape index (κ1) is 13.0. The highest BCUT2D eigenvalue weighted by Gasteiger charge is 2.34. The third-order valence-corrected chi connectivity index (χ3v) is 1.64. The molecule has 0 aliphatic carbocycles. The van der Waals surface area contributed by atoms with Crippen LogP contribution in [0.15, 0.2) is 0 Å². The Kier molecular flexibility index (Phi) is 3.70. The molecular formula is C11H19NO2. The van der Waals surface area contributed by atoms with Gasteiger partial charge < -0.3 is 4.74 Å². The van der Waals surface area contributed by atoms with Crippen LogP contribution in [0.2, 0.25) is 0 Å². The highest BCUT2D eigenvalue weighted by Crippen LogP contribution is 2.27. The number of hydrogen-bond donors (Lipinski definition) is 0. The lowest BCUT2D eigenvalue weighted by Gasteiger charge is -2.27. The normalized spacial score (nSPS) is 14.4. The zero-order valence-electron chi connectivity index (χ0n) is 9.84. The third-order valence-electron chi connectivity index (χ3n) is 1.64. The van der Waals surface area contributed by atoms with Gasteiger partial charge in [-0.25, -0.2) is 0 Å². The Bertz CT molecular complexity index is 250. The monoisotopic (exact) mass is 197 g/mol. The van der Waals surface area contributed by atoms with E-state index in [2.05, 4.69) is 0 Å². The molecular weight excluding hydrogens is 178 g/mol. The van der Waals surface area contributed by atoms with Gasteiger partial charge in [-0.2, -0.15) is 5.26 Å². The van der Waals surface area contributed by atoms with E-state index in [1.165, 1.54) is 0 Å². The molecule has 0 aromatic rings. The zero-order chi connectivity index (χ0) is 11.6. The van der Waals surface area contributed by atoms with Gasteiger partial charge in [0.2, 0.25) is 0 Å². The number of esters is 1. The van der Waals surface area contributed by atoms with Gasteiger partial charge in [0.25, 0.3) is 0 Å². The molecule has 3 heteroatoms. The Morgan fingerprint density at radius 1 is 1.21 bits per heavy atom. The van der Waals surface area contributed by atoms with E-state index in [0.29, 0.717) is 0 Å². The van der Waals surface area contributed by atoms with Gasteiger partial charge in [-0.15, -0.1) is 0 Å². The summed E-state index contributed by atoms with van der Waals surface area (Å²) < 4.78 is 5.16. The molecule has 0 aliphatic rings. The van der Waals surface area contributed by atoms with E-state index in [9.17, 15) is 4.79 Å². The molecule has 0 aliphatic heterocycles. The van der Waals surface area contributed by atoms with Crippen LogP contribution in [0.4, 0.5) is 0 Å². The minimum Gasteiger partial charge on any atom is -0.459 e. The Morgan fingerprint density at radius 3 is 1.86 bits per heavy atom. The molecule has 0 fully saturated rings. The largest absolute Gasteiger partial charge is 0.459 e. The zero-order valence-corrected chi connectivity index (χ0v) is 9.84. The molecule has 0 radical (unpaired) electrons. The number of carbonyl (C=O) groups is 1. The van der Waals surface area contributed by atoms with Crippen molar-refractivity contribution >= 4 is 5.97 Å². The van der Waals surface area contributed by atoms with Crippen LogP contribution in [0, 0.1) is 22.7 Å². The van der Waals surface area contributed by atoms with E-state index in [4.69, 9.17) is 10.00 Å². The van der Waals surface area contributed by atoms with Crippen LogP contribution in [0.25, 0.3) is 0 Å². The van der Waals surface area contributed by atoms with Gasteiger partial charge in [-0.3, -0.25) is 4.79 Å². The van der Waals surface area contributed by atoms with Crippen molar-refractivity contribution in [1.82, 2.24) is 0 Å². The van der Waals surface area contributed by atoms with Gasteiger partial charge in [0.05, 0.1) is 6.07 Å². The maximum absolute atomic E-state index is 11.6. The summed E-state index contributed by atoms with van der Waals surface area (Å²) in [6.07, 6.45) is 0. The number of rotatable bonds is 1. The molecule has 1 unspecified atom stereocenters. The minimum absolute atomic E-state index is 0.378. The van der Waals surface area contributed by atoms with Crippen LogP contribution >= 0.6 is 0 Å². The van der Waals surface area contributed by atoms with Crippen molar-refractivity contribution in [1.29, 1.82) is 5.26 Å². The Hall–Kier alpha value is -1.04. The van der Waals surface area contributed by atoms with Crippen LogP contribution in [-0.2, 0) is 9.53 Å². The van der Waals surface area contributed by atoms with Crippen molar-refractivity contribution in [3.63, 3.8) is 0 Å². The van der Waals surface area contributed by atoms with Crippen LogP contribution in [0.1, 0.15) is 41.5 Å². The summed E-state index contributed by atoms with van der Waals surface area (Å²) in [5, 5.41) is 8.88. The Balaban J connectivity index is 4.61. The fourth-order valence-corrected chi connectivity index (χ4v) is 0.961. The molecule has 80 valence electrons. The van der Waals surface area contributed by atoms with E-state index < -0.39 is 17.5 Å². The van der Waals surface area contributed by atoms with Crippen molar-refractivity contribution in [3.8, 4) is 6.07 Å². The van der Waals surface area contributed by atoms with Crippen LogP contribution in [0.5, 0.6) is 0 Å². The van der Waals surface area contributed by atoms with Gasteiger partial charge in [0.1, 0.15) is 11.5 Å². The Morgan fingerprint density at radius 2 is 1.64 bits per heavy atom. The van der Waals surface area contributed by atoms with Crippen molar-refractivity contribution in [2.45, 2.75) is 47.1 Å². The molecule has 0 saturated carbocycles. The average Bonchev–Trinajstić information content (AvgIpc) is 1.79. The molecule has 0 spiro atoms. The van der Waals surface area contributed by atoms with Crippen LogP contribution < -0.4 is 0 Å². The summed E-state index contributed by atoms with van der Waals surface area (Å²) in [6.45, 7) is 10.9. The van der Waals surface area contributed by atoms with Gasteiger partial charge >= 0.3 is 5.97 Å². The van der Waals surface area contributed by atoms with E-state index in [1.807, 2.05) is 26.8 Å². The second-order valence-corrected chi connectivity index (χ2v) is 5.46. The van der Waals surface area contributed by atoms with E-state index in [0.717, 1.165) is 0 Å². The molecule has 3 nitrogen and oxygen atoms in total. The molecule has 0 aromatic carbocycles. The number of hydrogen-bond acceptors (Lipinski definition) is 3. The first-order chi connectivity index (χ1) is 6.08. The lowest BCUT2D eigenvalue weighted by Crippen LogP contribution is -2.34. The summed E-state index contributed by atoms with van der Waals surface area (Å²) in [5.74, 6) is -1.14. The molecule has 14 heavy (non-hydrogen) atoms. The van der Waals surface area contributed by atoms with Gasteiger partial charge in [0.15, 0.2) is 0 Å². The predicted octanol–water partition coefficient (Wildman–Crippen LogP) is 2.51. The SMILES string of the molecule is CC(C)(C)OC(=O)C(C#N)C(C)(C)C. The van der Waals surface area contributed by atoms with E-state index in [-0.39, 0.29) is 5.41 Å². The van der Waals surface area contributed by atoms with Gasteiger partial charge in [-0.05, 0) is 26.2 Å². The molecule has 0 saturated heterocycles. The molecule has 0 bridgehead atoms. The quantitative estimate of drug-likeness (QED) is 0.607. The van der Waals surface area contributed by atoms with Crippen LogP contribution in [0.3, 0.4) is 0 Å². The van der Waals surface area contributed by atoms with Crippen molar-refractivity contribution < 1.29 is 9.53 Å².